The van der Waals surface area contributed by atoms with Crippen molar-refractivity contribution in [1.82, 2.24) is 5.32 Å². The van der Waals surface area contributed by atoms with Crippen molar-refractivity contribution in [2.45, 2.75) is 44.0 Å². The van der Waals surface area contributed by atoms with E-state index in [2.05, 4.69) is 10.5 Å². The topological polar surface area (TPSA) is 87.7 Å². The van der Waals surface area contributed by atoms with Gasteiger partial charge in [0.15, 0.2) is 5.84 Å². The zero-order valence-corrected chi connectivity index (χ0v) is 12.4. The maximum absolute atomic E-state index is 12.3. The number of rotatable bonds is 5. The lowest BCUT2D eigenvalue weighted by atomic mass is 9.78. The highest BCUT2D eigenvalue weighted by atomic mass is 32.2. The van der Waals surface area contributed by atoms with Crippen LogP contribution in [0.1, 0.15) is 38.5 Å². The lowest BCUT2D eigenvalue weighted by Gasteiger charge is -2.29. The third-order valence-corrected chi connectivity index (χ3v) is 4.38. The average Bonchev–Trinajstić information content (AvgIpc) is 2.68. The summed E-state index contributed by atoms with van der Waals surface area (Å²) in [6.45, 7) is -0.108. The Morgan fingerprint density at radius 2 is 1.86 bits per heavy atom. The molecule has 9 heteroatoms. The predicted octanol–water partition coefficient (Wildman–Crippen LogP) is 2.44. The Bertz CT molecular complexity index is 380. The van der Waals surface area contributed by atoms with Gasteiger partial charge in [-0.05, 0) is 24.6 Å². The molecule has 21 heavy (non-hydrogen) atoms. The zero-order chi connectivity index (χ0) is 15.9. The van der Waals surface area contributed by atoms with Crippen molar-refractivity contribution in [2.24, 2.45) is 16.3 Å². The maximum atomic E-state index is 12.3. The fourth-order valence-corrected chi connectivity index (χ4v) is 2.96. The number of nitrogens with one attached hydrogen (secondary N) is 1. The quantitative estimate of drug-likeness (QED) is 0.181. The van der Waals surface area contributed by atoms with Gasteiger partial charge in [0.2, 0.25) is 5.91 Å². The summed E-state index contributed by atoms with van der Waals surface area (Å²) < 4.78 is 36.1. The molecule has 0 aromatic rings. The Hall–Kier alpha value is -1.12. The van der Waals surface area contributed by atoms with Crippen molar-refractivity contribution in [3.05, 3.63) is 0 Å². The summed E-state index contributed by atoms with van der Waals surface area (Å²) in [5.41, 5.74) is 0.268. The summed E-state index contributed by atoms with van der Waals surface area (Å²) in [6.07, 6.45) is 4.33. The van der Waals surface area contributed by atoms with Crippen molar-refractivity contribution < 1.29 is 23.2 Å². The van der Waals surface area contributed by atoms with Crippen molar-refractivity contribution in [3.63, 3.8) is 0 Å². The van der Waals surface area contributed by atoms with Crippen molar-refractivity contribution >= 4 is 23.5 Å². The number of oxime groups is 1. The molecule has 0 radical (unpaired) electrons. The number of carbonyl (C=O) groups is 1. The standard InChI is InChI=1S/C12H20F3N3O2S/c13-12(14,15)21-8-7-17-10(19)11(9(16)18-20)5-3-1-2-4-6-11/h20H,1-8H2,(H2,16,18)(H,17,19). The van der Waals surface area contributed by atoms with Gasteiger partial charge in [0, 0.05) is 12.3 Å². The molecule has 0 aromatic carbocycles. The molecule has 1 saturated carbocycles. The van der Waals surface area contributed by atoms with Crippen LogP contribution in [0.4, 0.5) is 13.2 Å². The Morgan fingerprint density at radius 3 is 2.33 bits per heavy atom. The highest BCUT2D eigenvalue weighted by Crippen LogP contribution is 2.36. The summed E-state index contributed by atoms with van der Waals surface area (Å²) in [5.74, 6) is -0.880. The van der Waals surface area contributed by atoms with E-state index in [9.17, 15) is 18.0 Å². The molecule has 1 aliphatic rings. The molecule has 1 amide bonds. The second kappa shape index (κ2) is 7.77. The van der Waals surface area contributed by atoms with E-state index in [4.69, 9.17) is 10.9 Å². The summed E-state index contributed by atoms with van der Waals surface area (Å²) in [5, 5.41) is 14.3. The van der Waals surface area contributed by atoms with Crippen molar-refractivity contribution in [2.75, 3.05) is 12.3 Å². The van der Waals surface area contributed by atoms with E-state index in [1.165, 1.54) is 0 Å². The van der Waals surface area contributed by atoms with E-state index in [0.717, 1.165) is 25.7 Å². The zero-order valence-electron chi connectivity index (χ0n) is 11.6. The lowest BCUT2D eigenvalue weighted by Crippen LogP contribution is -2.50. The first kappa shape index (κ1) is 17.9. The van der Waals surface area contributed by atoms with E-state index in [1.807, 2.05) is 0 Å². The molecule has 1 rings (SSSR count). The Balaban J connectivity index is 2.64. The van der Waals surface area contributed by atoms with E-state index in [-0.39, 0.29) is 29.9 Å². The van der Waals surface area contributed by atoms with Gasteiger partial charge < -0.3 is 16.3 Å². The Morgan fingerprint density at radius 1 is 1.29 bits per heavy atom. The predicted molar refractivity (Wildman–Crippen MR) is 75.1 cm³/mol. The van der Waals surface area contributed by atoms with Crippen LogP contribution in [0.5, 0.6) is 0 Å². The van der Waals surface area contributed by atoms with Crippen molar-refractivity contribution in [3.8, 4) is 0 Å². The van der Waals surface area contributed by atoms with Crippen LogP contribution in [-0.2, 0) is 4.79 Å². The molecule has 5 nitrogen and oxygen atoms in total. The van der Waals surface area contributed by atoms with Crippen LogP contribution in [0.3, 0.4) is 0 Å². The normalized spacial score (nSPS) is 19.9. The first-order valence-electron chi connectivity index (χ1n) is 6.79. The molecule has 122 valence electrons. The van der Waals surface area contributed by atoms with E-state index >= 15 is 0 Å². The fraction of sp³-hybridized carbons (Fsp3) is 0.833. The Labute approximate surface area is 125 Å². The van der Waals surface area contributed by atoms with Crippen LogP contribution < -0.4 is 11.1 Å². The van der Waals surface area contributed by atoms with Crippen LogP contribution in [0, 0.1) is 5.41 Å². The summed E-state index contributed by atoms with van der Waals surface area (Å²) in [6, 6.07) is 0. The van der Waals surface area contributed by atoms with E-state index < -0.39 is 16.8 Å². The maximum Gasteiger partial charge on any atom is 0.441 e. The van der Waals surface area contributed by atoms with Gasteiger partial charge in [-0.15, -0.1) is 0 Å². The third-order valence-electron chi connectivity index (χ3n) is 3.64. The fourth-order valence-electron chi connectivity index (χ4n) is 2.53. The summed E-state index contributed by atoms with van der Waals surface area (Å²) >= 11 is -0.186. The van der Waals surface area contributed by atoms with Gasteiger partial charge >= 0.3 is 5.51 Å². The minimum Gasteiger partial charge on any atom is -0.409 e. The highest BCUT2D eigenvalue weighted by Gasteiger charge is 2.42. The van der Waals surface area contributed by atoms with Crippen LogP contribution in [0.25, 0.3) is 0 Å². The number of halogens is 3. The molecule has 1 aliphatic carbocycles. The monoisotopic (exact) mass is 327 g/mol. The average molecular weight is 327 g/mol. The van der Waals surface area contributed by atoms with Crippen LogP contribution in [-0.4, -0.2) is 34.8 Å². The molecular weight excluding hydrogens is 307 g/mol. The third kappa shape index (κ3) is 5.29. The smallest absolute Gasteiger partial charge is 0.409 e. The molecule has 0 spiro atoms. The molecule has 4 N–H and O–H groups in total. The van der Waals surface area contributed by atoms with Gasteiger partial charge in [0.1, 0.15) is 5.41 Å². The highest BCUT2D eigenvalue weighted by molar-refractivity contribution is 8.00. The van der Waals surface area contributed by atoms with Gasteiger partial charge in [-0.1, -0.05) is 30.8 Å². The van der Waals surface area contributed by atoms with Gasteiger partial charge in [0.25, 0.3) is 0 Å². The van der Waals surface area contributed by atoms with Gasteiger partial charge in [-0.3, -0.25) is 4.79 Å². The number of nitrogens with two attached hydrogens (primary N) is 1. The minimum absolute atomic E-state index is 0.108. The number of amides is 1. The first-order valence-corrected chi connectivity index (χ1v) is 7.77. The molecule has 0 unspecified atom stereocenters. The molecule has 0 saturated heterocycles. The van der Waals surface area contributed by atoms with Crippen molar-refractivity contribution in [1.29, 1.82) is 0 Å². The molecular formula is C12H20F3N3O2S. The molecule has 1 fully saturated rings. The lowest BCUT2D eigenvalue weighted by molar-refractivity contribution is -0.128. The second-order valence-corrected chi connectivity index (χ2v) is 6.19. The number of carbonyl (C=O) groups excluding carboxylic acids is 1. The number of thioether (sulfide) groups is 1. The first-order chi connectivity index (χ1) is 9.82. The van der Waals surface area contributed by atoms with Gasteiger partial charge in [-0.25, -0.2) is 0 Å². The number of hydrogen-bond donors (Lipinski definition) is 3. The van der Waals surface area contributed by atoms with Crippen LogP contribution in [0.15, 0.2) is 5.16 Å². The molecule has 0 aliphatic heterocycles. The van der Waals surface area contributed by atoms with Gasteiger partial charge in [-0.2, -0.15) is 13.2 Å². The van der Waals surface area contributed by atoms with E-state index in [1.54, 1.807) is 0 Å². The molecule has 0 aromatic heterocycles. The number of hydrogen-bond acceptors (Lipinski definition) is 4. The number of nitrogens with zero attached hydrogens (tertiary/aromatic N) is 1. The summed E-state index contributed by atoms with van der Waals surface area (Å²) in [7, 11) is 0. The second-order valence-electron chi connectivity index (χ2n) is 5.03. The SMILES string of the molecule is NC(=NO)C1(C(=O)NCCSC(F)(F)F)CCCCCC1. The van der Waals surface area contributed by atoms with E-state index in [0.29, 0.717) is 12.8 Å². The van der Waals surface area contributed by atoms with Crippen LogP contribution in [0.2, 0.25) is 0 Å². The molecule has 0 atom stereocenters. The van der Waals surface area contributed by atoms with Gasteiger partial charge in [0.05, 0.1) is 0 Å². The largest absolute Gasteiger partial charge is 0.441 e. The molecule has 0 heterocycles. The number of amidine groups is 1. The Kier molecular flexibility index (Phi) is 6.63. The number of alkyl halides is 3. The molecule has 0 bridgehead atoms. The summed E-state index contributed by atoms with van der Waals surface area (Å²) in [4.78, 5) is 12.3. The minimum atomic E-state index is -4.31. The van der Waals surface area contributed by atoms with Crippen LogP contribution >= 0.6 is 11.8 Å².